The van der Waals surface area contributed by atoms with Crippen LogP contribution in [0.1, 0.15) is 17.3 Å². The van der Waals surface area contributed by atoms with E-state index in [9.17, 15) is 24.6 Å². The van der Waals surface area contributed by atoms with E-state index < -0.39 is 35.4 Å². The van der Waals surface area contributed by atoms with Crippen LogP contribution in [-0.4, -0.2) is 43.7 Å². The molecule has 2 rings (SSSR count). The van der Waals surface area contributed by atoms with Gasteiger partial charge in [0.1, 0.15) is 6.54 Å². The van der Waals surface area contributed by atoms with E-state index in [2.05, 4.69) is 10.2 Å². The second-order valence-corrected chi connectivity index (χ2v) is 6.25. The monoisotopic (exact) mass is 364 g/mol. The van der Waals surface area contributed by atoms with Crippen LogP contribution in [0.3, 0.4) is 0 Å². The van der Waals surface area contributed by atoms with Crippen molar-refractivity contribution in [3.05, 3.63) is 48.0 Å². The van der Waals surface area contributed by atoms with Crippen LogP contribution in [0, 0.1) is 0 Å². The number of amides is 1. The van der Waals surface area contributed by atoms with Gasteiger partial charge in [-0.2, -0.15) is 0 Å². The number of benzene rings is 1. The van der Waals surface area contributed by atoms with Crippen LogP contribution >= 0.6 is 11.8 Å². The van der Waals surface area contributed by atoms with Crippen molar-refractivity contribution in [3.8, 4) is 11.8 Å². The van der Waals surface area contributed by atoms with E-state index in [1.807, 2.05) is 0 Å². The summed E-state index contributed by atoms with van der Waals surface area (Å²) >= 11 is 0.834. The highest BCUT2D eigenvalue weighted by Crippen LogP contribution is 2.19. The summed E-state index contributed by atoms with van der Waals surface area (Å²) in [4.78, 5) is 40.3. The number of carbonyl (C=O) groups excluding carboxylic acids is 3. The van der Waals surface area contributed by atoms with Crippen molar-refractivity contribution in [1.29, 1.82) is 0 Å². The first-order valence-electron chi connectivity index (χ1n) is 7.23. The molecule has 0 spiro atoms. The molecular weight excluding hydrogens is 348 g/mol. The third kappa shape index (κ3) is 5.01. The number of aromatic hydroxyl groups is 2. The molecule has 0 bridgehead atoms. The average molecular weight is 364 g/mol. The van der Waals surface area contributed by atoms with Crippen molar-refractivity contribution >= 4 is 28.8 Å². The Hall–Kier alpha value is -2.94. The summed E-state index contributed by atoms with van der Waals surface area (Å²) in [6.45, 7) is 1.05. The van der Waals surface area contributed by atoms with Gasteiger partial charge >= 0.3 is 5.97 Å². The van der Waals surface area contributed by atoms with Gasteiger partial charge in [0, 0.05) is 17.7 Å². The Bertz CT molecular complexity index is 755. The maximum Gasteiger partial charge on any atom is 0.352 e. The Balaban J connectivity index is 1.81. The predicted molar refractivity (Wildman–Crippen MR) is 90.2 cm³/mol. The van der Waals surface area contributed by atoms with Crippen molar-refractivity contribution < 1.29 is 29.4 Å². The van der Waals surface area contributed by atoms with Crippen LogP contribution < -0.4 is 10.2 Å². The first-order valence-corrected chi connectivity index (χ1v) is 8.11. The Morgan fingerprint density at radius 1 is 1.12 bits per heavy atom. The van der Waals surface area contributed by atoms with Crippen molar-refractivity contribution in [3.63, 3.8) is 0 Å². The van der Waals surface area contributed by atoms with Gasteiger partial charge < -0.3 is 20.4 Å². The average Bonchev–Trinajstić information content (AvgIpc) is 2.92. The van der Waals surface area contributed by atoms with Gasteiger partial charge in [-0.3, -0.25) is 9.59 Å². The molecule has 1 aromatic carbocycles. The van der Waals surface area contributed by atoms with Crippen LogP contribution in [0.5, 0.6) is 11.8 Å². The molecule has 8 nitrogen and oxygen atoms in total. The van der Waals surface area contributed by atoms with Gasteiger partial charge in [0.15, 0.2) is 0 Å². The van der Waals surface area contributed by atoms with Crippen molar-refractivity contribution in [2.75, 3.05) is 6.54 Å². The molecule has 1 unspecified atom stereocenters. The third-order valence-electron chi connectivity index (χ3n) is 3.06. The molecule has 0 aliphatic heterocycles. The molecule has 1 heterocycles. The molecule has 1 atom stereocenters. The molecule has 0 aliphatic carbocycles. The van der Waals surface area contributed by atoms with E-state index in [1.54, 1.807) is 30.3 Å². The van der Waals surface area contributed by atoms with E-state index in [1.165, 1.54) is 6.92 Å². The fourth-order valence-corrected chi connectivity index (χ4v) is 2.57. The zero-order chi connectivity index (χ0) is 18.4. The molecule has 132 valence electrons. The molecule has 0 aliphatic rings. The Morgan fingerprint density at radius 2 is 1.72 bits per heavy atom. The van der Waals surface area contributed by atoms with Gasteiger partial charge in [0.25, 0.3) is 0 Å². The van der Waals surface area contributed by atoms with E-state index in [4.69, 9.17) is 0 Å². The van der Waals surface area contributed by atoms with E-state index in [-0.39, 0.29) is 5.12 Å². The maximum absolute atomic E-state index is 12.0. The molecule has 0 saturated heterocycles. The summed E-state index contributed by atoms with van der Waals surface area (Å²) < 4.78 is 0.519. The number of thioether (sulfide) groups is 1. The molecule has 2 aromatic rings. The Morgan fingerprint density at radius 3 is 2.32 bits per heavy atom. The Kier molecular flexibility index (Phi) is 6.07. The summed E-state index contributed by atoms with van der Waals surface area (Å²) in [5.41, 5.74) is 0.477. The highest BCUT2D eigenvalue weighted by molar-refractivity contribution is 8.15. The van der Waals surface area contributed by atoms with Crippen LogP contribution in [0.2, 0.25) is 0 Å². The smallest absolute Gasteiger partial charge is 0.352 e. The van der Waals surface area contributed by atoms with Gasteiger partial charge in [-0.1, -0.05) is 42.1 Å². The Labute approximate surface area is 147 Å². The number of hydrogen-bond acceptors (Lipinski definition) is 7. The van der Waals surface area contributed by atoms with Crippen molar-refractivity contribution in [1.82, 2.24) is 10.0 Å². The largest absolute Gasteiger partial charge is 0.492 e. The summed E-state index contributed by atoms with van der Waals surface area (Å²) in [6.07, 6.45) is 0. The predicted octanol–water partition coefficient (Wildman–Crippen LogP) is 0.933. The molecule has 3 N–H and O–H groups in total. The summed E-state index contributed by atoms with van der Waals surface area (Å²) in [6, 6.07) is 10.8. The van der Waals surface area contributed by atoms with Crippen molar-refractivity contribution in [2.24, 2.45) is 0 Å². The topological polar surface area (TPSA) is 118 Å². The van der Waals surface area contributed by atoms with E-state index in [0.29, 0.717) is 10.3 Å². The first-order chi connectivity index (χ1) is 11.9. The standard InChI is InChI=1S/C16H16N2O6S/c1-10(25-16(23)11-5-3-2-4-6-11)15(22)17-9-14(21)24-18-12(19)7-8-13(18)20/h2-8,10,19-20H,9H2,1H3,(H,17,22). The van der Waals surface area contributed by atoms with E-state index in [0.717, 1.165) is 23.9 Å². The van der Waals surface area contributed by atoms with Crippen LogP contribution in [0.4, 0.5) is 0 Å². The normalized spacial score (nSPS) is 11.6. The number of carbonyl (C=O) groups is 3. The van der Waals surface area contributed by atoms with Gasteiger partial charge in [-0.15, -0.1) is 4.73 Å². The molecule has 25 heavy (non-hydrogen) atoms. The molecule has 1 aromatic heterocycles. The number of aromatic nitrogens is 1. The number of nitrogens with one attached hydrogen (secondary N) is 1. The van der Waals surface area contributed by atoms with Crippen LogP contribution in [0.15, 0.2) is 42.5 Å². The molecule has 0 radical (unpaired) electrons. The lowest BCUT2D eigenvalue weighted by atomic mass is 10.2. The fourth-order valence-electron chi connectivity index (χ4n) is 1.79. The first kappa shape index (κ1) is 18.4. The maximum atomic E-state index is 12.0. The lowest BCUT2D eigenvalue weighted by molar-refractivity contribution is -0.145. The fraction of sp³-hybridized carbons (Fsp3) is 0.188. The SMILES string of the molecule is CC(SC(=O)c1ccccc1)C(=O)NCC(=O)On1c(O)ccc1O. The molecule has 0 fully saturated rings. The van der Waals surface area contributed by atoms with Gasteiger partial charge in [0.2, 0.25) is 22.8 Å². The molecule has 9 heteroatoms. The van der Waals surface area contributed by atoms with Crippen LogP contribution in [0.25, 0.3) is 0 Å². The minimum absolute atomic E-state index is 0.256. The van der Waals surface area contributed by atoms with Gasteiger partial charge in [-0.25, -0.2) is 4.79 Å². The number of rotatable bonds is 6. The third-order valence-corrected chi connectivity index (χ3v) is 4.08. The summed E-state index contributed by atoms with van der Waals surface area (Å²) in [5, 5.41) is 20.1. The zero-order valence-corrected chi connectivity index (χ0v) is 14.0. The molecular formula is C16H16N2O6S. The van der Waals surface area contributed by atoms with Crippen molar-refractivity contribution in [2.45, 2.75) is 12.2 Å². The lowest BCUT2D eigenvalue weighted by Gasteiger charge is -2.11. The van der Waals surface area contributed by atoms with Gasteiger partial charge in [-0.05, 0) is 6.92 Å². The quantitative estimate of drug-likeness (QED) is 0.698. The zero-order valence-electron chi connectivity index (χ0n) is 13.2. The summed E-state index contributed by atoms with van der Waals surface area (Å²) in [5.74, 6) is -2.35. The number of hydrogen-bond donors (Lipinski definition) is 3. The molecule has 0 saturated carbocycles. The lowest BCUT2D eigenvalue weighted by Crippen LogP contribution is -2.38. The molecule has 1 amide bonds. The minimum Gasteiger partial charge on any atom is -0.492 e. The highest BCUT2D eigenvalue weighted by Gasteiger charge is 2.20. The minimum atomic E-state index is -0.901. The second kappa shape index (κ2) is 8.25. The van der Waals surface area contributed by atoms with E-state index >= 15 is 0 Å². The highest BCUT2D eigenvalue weighted by atomic mass is 32.2. The van der Waals surface area contributed by atoms with Crippen LogP contribution in [-0.2, 0) is 9.59 Å². The summed E-state index contributed by atoms with van der Waals surface area (Å²) in [7, 11) is 0. The number of nitrogens with zero attached hydrogens (tertiary/aromatic N) is 1. The van der Waals surface area contributed by atoms with Gasteiger partial charge in [0.05, 0.1) is 5.25 Å². The second-order valence-electron chi connectivity index (χ2n) is 4.94.